The minimum absolute atomic E-state index is 0.0306. The van der Waals surface area contributed by atoms with Gasteiger partial charge < -0.3 is 5.11 Å². The molecule has 1 heterocycles. The second-order valence-corrected chi connectivity index (χ2v) is 6.88. The van der Waals surface area contributed by atoms with E-state index in [0.717, 1.165) is 25.0 Å². The Bertz CT molecular complexity index is 676. The zero-order chi connectivity index (χ0) is 15.5. The number of aliphatic hydroxyl groups excluding tert-OH is 1. The van der Waals surface area contributed by atoms with Gasteiger partial charge in [0.25, 0.3) is 0 Å². The minimum Gasteiger partial charge on any atom is -0.395 e. The molecular formula is C15H18FNO3S. The molecule has 0 bridgehead atoms. The summed E-state index contributed by atoms with van der Waals surface area (Å²) in [5, 5.41) is 8.73. The normalized spacial score (nSPS) is 19.3. The Labute approximate surface area is 124 Å². The lowest BCUT2D eigenvalue weighted by Crippen LogP contribution is -2.34. The van der Waals surface area contributed by atoms with Gasteiger partial charge in [0, 0.05) is 24.6 Å². The van der Waals surface area contributed by atoms with E-state index in [-0.39, 0.29) is 29.5 Å². The van der Waals surface area contributed by atoms with E-state index in [1.54, 1.807) is 0 Å². The van der Waals surface area contributed by atoms with Crippen molar-refractivity contribution in [1.82, 2.24) is 4.31 Å². The molecule has 114 valence electrons. The van der Waals surface area contributed by atoms with E-state index in [4.69, 9.17) is 5.11 Å². The van der Waals surface area contributed by atoms with Crippen LogP contribution in [-0.4, -0.2) is 37.0 Å². The fourth-order valence-electron chi connectivity index (χ4n) is 2.43. The molecule has 1 aromatic carbocycles. The van der Waals surface area contributed by atoms with Crippen LogP contribution in [0.1, 0.15) is 31.7 Å². The smallest absolute Gasteiger partial charge is 0.244 e. The van der Waals surface area contributed by atoms with E-state index in [9.17, 15) is 12.8 Å². The van der Waals surface area contributed by atoms with Crippen LogP contribution >= 0.6 is 0 Å². The van der Waals surface area contributed by atoms with Crippen LogP contribution < -0.4 is 0 Å². The highest BCUT2D eigenvalue weighted by molar-refractivity contribution is 7.89. The van der Waals surface area contributed by atoms with Gasteiger partial charge in [-0.05, 0) is 38.0 Å². The van der Waals surface area contributed by atoms with Crippen LogP contribution in [0.3, 0.4) is 0 Å². The Morgan fingerprint density at radius 2 is 2.24 bits per heavy atom. The molecule has 1 atom stereocenters. The summed E-state index contributed by atoms with van der Waals surface area (Å²) < 4.78 is 40.2. The molecule has 1 aliphatic rings. The van der Waals surface area contributed by atoms with Gasteiger partial charge >= 0.3 is 0 Å². The van der Waals surface area contributed by atoms with Crippen molar-refractivity contribution in [2.45, 2.75) is 37.1 Å². The molecule has 1 saturated heterocycles. The van der Waals surface area contributed by atoms with Crippen LogP contribution in [-0.2, 0) is 10.0 Å². The second-order valence-electron chi connectivity index (χ2n) is 5.02. The summed E-state index contributed by atoms with van der Waals surface area (Å²) in [4.78, 5) is 0.0306. The van der Waals surface area contributed by atoms with Crippen molar-refractivity contribution in [3.63, 3.8) is 0 Å². The van der Waals surface area contributed by atoms with Crippen LogP contribution in [0, 0.1) is 17.7 Å². The third kappa shape index (κ3) is 3.43. The lowest BCUT2D eigenvalue weighted by Gasteiger charge is -2.21. The van der Waals surface area contributed by atoms with Crippen molar-refractivity contribution in [3.05, 3.63) is 29.6 Å². The summed E-state index contributed by atoms with van der Waals surface area (Å²) in [7, 11) is -3.67. The quantitative estimate of drug-likeness (QED) is 0.865. The van der Waals surface area contributed by atoms with Crippen LogP contribution in [0.15, 0.2) is 23.1 Å². The first-order chi connectivity index (χ1) is 9.96. The molecule has 0 amide bonds. The average molecular weight is 311 g/mol. The number of hydrogen-bond donors (Lipinski definition) is 1. The molecule has 0 spiro atoms. The van der Waals surface area contributed by atoms with E-state index in [1.165, 1.54) is 10.4 Å². The van der Waals surface area contributed by atoms with Gasteiger partial charge in [-0.2, -0.15) is 4.31 Å². The Morgan fingerprint density at radius 3 is 2.86 bits per heavy atom. The lowest BCUT2D eigenvalue weighted by atomic mass is 10.2. The third-order valence-corrected chi connectivity index (χ3v) is 5.55. The standard InChI is InChI=1S/C15H18FNO3S/c1-12-5-4-9-17(12)21(19,20)15-8-7-14(16)11-13(15)6-2-3-10-18/h7-8,11-12,18H,3-5,9-10H2,1H3. The molecule has 21 heavy (non-hydrogen) atoms. The molecule has 0 aromatic heterocycles. The van der Waals surface area contributed by atoms with Gasteiger partial charge in [-0.15, -0.1) is 0 Å². The monoisotopic (exact) mass is 311 g/mol. The first-order valence-corrected chi connectivity index (χ1v) is 8.32. The topological polar surface area (TPSA) is 57.6 Å². The largest absolute Gasteiger partial charge is 0.395 e. The predicted molar refractivity (Wildman–Crippen MR) is 77.6 cm³/mol. The zero-order valence-corrected chi connectivity index (χ0v) is 12.7. The summed E-state index contributed by atoms with van der Waals surface area (Å²) in [6.07, 6.45) is 1.87. The van der Waals surface area contributed by atoms with Crippen molar-refractivity contribution >= 4 is 10.0 Å². The van der Waals surface area contributed by atoms with Crippen molar-refractivity contribution < 1.29 is 17.9 Å². The van der Waals surface area contributed by atoms with Crippen LogP contribution in [0.4, 0.5) is 4.39 Å². The van der Waals surface area contributed by atoms with Gasteiger partial charge in [-0.3, -0.25) is 0 Å². The van der Waals surface area contributed by atoms with Crippen LogP contribution in [0.2, 0.25) is 0 Å². The highest BCUT2D eigenvalue weighted by atomic mass is 32.2. The fraction of sp³-hybridized carbons (Fsp3) is 0.467. The molecule has 0 aliphatic carbocycles. The first-order valence-electron chi connectivity index (χ1n) is 6.88. The summed E-state index contributed by atoms with van der Waals surface area (Å²) in [5.41, 5.74) is 0.141. The first kappa shape index (κ1) is 16.0. The molecule has 1 aliphatic heterocycles. The highest BCUT2D eigenvalue weighted by Crippen LogP contribution is 2.27. The molecule has 1 aromatic rings. The van der Waals surface area contributed by atoms with E-state index in [1.807, 2.05) is 6.92 Å². The number of nitrogens with zero attached hydrogens (tertiary/aromatic N) is 1. The SMILES string of the molecule is CC1CCCN1S(=O)(=O)c1ccc(F)cc1C#CCCO. The Balaban J connectivity index is 2.46. The van der Waals surface area contributed by atoms with E-state index in [2.05, 4.69) is 11.8 Å². The predicted octanol–water partition coefficient (Wildman–Crippen LogP) is 1.73. The Morgan fingerprint density at radius 1 is 1.48 bits per heavy atom. The molecule has 0 saturated carbocycles. The lowest BCUT2D eigenvalue weighted by molar-refractivity contribution is 0.305. The summed E-state index contributed by atoms with van der Waals surface area (Å²) in [6.45, 7) is 2.23. The Kier molecular flexibility index (Phi) is 4.99. The summed E-state index contributed by atoms with van der Waals surface area (Å²) >= 11 is 0. The van der Waals surface area contributed by atoms with Crippen molar-refractivity contribution in [2.24, 2.45) is 0 Å². The van der Waals surface area contributed by atoms with Gasteiger partial charge in [0.2, 0.25) is 10.0 Å². The van der Waals surface area contributed by atoms with Crippen LogP contribution in [0.5, 0.6) is 0 Å². The maximum absolute atomic E-state index is 13.4. The van der Waals surface area contributed by atoms with Gasteiger partial charge in [-0.25, -0.2) is 12.8 Å². The average Bonchev–Trinajstić information content (AvgIpc) is 2.86. The molecular weight excluding hydrogens is 293 g/mol. The molecule has 1 N–H and O–H groups in total. The maximum atomic E-state index is 13.4. The minimum atomic E-state index is -3.67. The number of halogens is 1. The number of sulfonamides is 1. The molecule has 1 fully saturated rings. The van der Waals surface area contributed by atoms with Crippen LogP contribution in [0.25, 0.3) is 0 Å². The second kappa shape index (κ2) is 6.56. The molecule has 0 radical (unpaired) electrons. The highest BCUT2D eigenvalue weighted by Gasteiger charge is 2.33. The molecule has 4 nitrogen and oxygen atoms in total. The maximum Gasteiger partial charge on any atom is 0.244 e. The fourth-order valence-corrected chi connectivity index (χ4v) is 4.26. The van der Waals surface area contributed by atoms with Gasteiger partial charge in [-0.1, -0.05) is 11.8 Å². The molecule has 1 unspecified atom stereocenters. The third-order valence-electron chi connectivity index (χ3n) is 3.48. The van der Waals surface area contributed by atoms with Gasteiger partial charge in [0.15, 0.2) is 0 Å². The van der Waals surface area contributed by atoms with Crippen molar-refractivity contribution in [3.8, 4) is 11.8 Å². The van der Waals surface area contributed by atoms with Gasteiger partial charge in [0.1, 0.15) is 5.82 Å². The van der Waals surface area contributed by atoms with E-state index in [0.29, 0.717) is 6.54 Å². The number of rotatable bonds is 3. The number of aliphatic hydroxyl groups is 1. The van der Waals surface area contributed by atoms with E-state index < -0.39 is 15.8 Å². The number of benzene rings is 1. The van der Waals surface area contributed by atoms with Crippen molar-refractivity contribution in [2.75, 3.05) is 13.2 Å². The molecule has 6 heteroatoms. The van der Waals surface area contributed by atoms with E-state index >= 15 is 0 Å². The molecule has 2 rings (SSSR count). The number of hydrogen-bond acceptors (Lipinski definition) is 3. The summed E-state index contributed by atoms with van der Waals surface area (Å²) in [6, 6.07) is 3.46. The summed E-state index contributed by atoms with van der Waals surface area (Å²) in [5.74, 6) is 4.76. The van der Waals surface area contributed by atoms with Crippen molar-refractivity contribution in [1.29, 1.82) is 0 Å². The zero-order valence-electron chi connectivity index (χ0n) is 11.8. The van der Waals surface area contributed by atoms with Gasteiger partial charge in [0.05, 0.1) is 11.5 Å². The Hall–Kier alpha value is -1.42.